The number of nitrogens with one attached hydrogen (secondary N) is 2. The smallest absolute Gasteiger partial charge is 0.315 e. The van der Waals surface area contributed by atoms with Crippen LogP contribution in [0.4, 0.5) is 4.79 Å². The van der Waals surface area contributed by atoms with Crippen molar-refractivity contribution in [1.82, 2.24) is 10.6 Å². The van der Waals surface area contributed by atoms with Gasteiger partial charge in [0.05, 0.1) is 12.6 Å². The number of hydrogen-bond donors (Lipinski definition) is 2. The van der Waals surface area contributed by atoms with Gasteiger partial charge >= 0.3 is 6.03 Å². The van der Waals surface area contributed by atoms with Crippen LogP contribution >= 0.6 is 11.6 Å². The molecule has 5 heteroatoms. The Labute approximate surface area is 148 Å². The maximum absolute atomic E-state index is 12.1. The van der Waals surface area contributed by atoms with Crippen molar-refractivity contribution in [2.45, 2.75) is 25.8 Å². The van der Waals surface area contributed by atoms with E-state index in [1.807, 2.05) is 62.4 Å². The Morgan fingerprint density at radius 1 is 1.08 bits per heavy atom. The van der Waals surface area contributed by atoms with Gasteiger partial charge in [-0.15, -0.1) is 0 Å². The van der Waals surface area contributed by atoms with Gasteiger partial charge in [-0.3, -0.25) is 0 Å². The maximum Gasteiger partial charge on any atom is 0.315 e. The van der Waals surface area contributed by atoms with Crippen LogP contribution in [-0.2, 0) is 12.0 Å². The van der Waals surface area contributed by atoms with E-state index in [4.69, 9.17) is 16.3 Å². The minimum atomic E-state index is -0.477. The largest absolute Gasteiger partial charge is 0.497 e. The van der Waals surface area contributed by atoms with Gasteiger partial charge in [-0.1, -0.05) is 35.9 Å². The highest BCUT2D eigenvalue weighted by molar-refractivity contribution is 6.30. The first-order valence-corrected chi connectivity index (χ1v) is 8.23. The average molecular weight is 347 g/mol. The summed E-state index contributed by atoms with van der Waals surface area (Å²) in [6, 6.07) is 15.1. The number of ether oxygens (including phenoxy) is 1. The topological polar surface area (TPSA) is 50.4 Å². The van der Waals surface area contributed by atoms with E-state index >= 15 is 0 Å². The highest BCUT2D eigenvalue weighted by Gasteiger charge is 2.22. The fourth-order valence-corrected chi connectivity index (χ4v) is 2.51. The fourth-order valence-electron chi connectivity index (χ4n) is 2.38. The predicted molar refractivity (Wildman–Crippen MR) is 97.7 cm³/mol. The lowest BCUT2D eigenvalue weighted by Crippen LogP contribution is -2.46. The van der Waals surface area contributed by atoms with Crippen molar-refractivity contribution < 1.29 is 9.53 Å². The minimum absolute atomic E-state index is 0.191. The summed E-state index contributed by atoms with van der Waals surface area (Å²) in [6.07, 6.45) is 0.763. The van der Waals surface area contributed by atoms with Gasteiger partial charge < -0.3 is 15.4 Å². The molecule has 0 atom stereocenters. The molecule has 0 spiro atoms. The highest BCUT2D eigenvalue weighted by Crippen LogP contribution is 2.21. The molecule has 0 aliphatic carbocycles. The van der Waals surface area contributed by atoms with Gasteiger partial charge in [0.2, 0.25) is 0 Å². The summed E-state index contributed by atoms with van der Waals surface area (Å²) < 4.78 is 5.13. The Bertz CT molecular complexity index is 667. The zero-order chi connectivity index (χ0) is 17.6. The standard InChI is InChI=1S/C19H23ClN2O2/c1-19(2,15-6-8-16(20)9-7-15)22-18(23)21-13-12-14-4-10-17(24-3)11-5-14/h4-11H,12-13H2,1-3H3,(H2,21,22,23). The van der Waals surface area contributed by atoms with Gasteiger partial charge in [-0.25, -0.2) is 4.79 Å². The van der Waals surface area contributed by atoms with Crippen molar-refractivity contribution >= 4 is 17.6 Å². The van der Waals surface area contributed by atoms with E-state index in [2.05, 4.69) is 10.6 Å². The number of hydrogen-bond acceptors (Lipinski definition) is 2. The summed E-state index contributed by atoms with van der Waals surface area (Å²) in [6.45, 7) is 4.48. The van der Waals surface area contributed by atoms with Crippen molar-refractivity contribution in [2.75, 3.05) is 13.7 Å². The molecule has 2 amide bonds. The summed E-state index contributed by atoms with van der Waals surface area (Å²) in [5.41, 5.74) is 1.67. The summed E-state index contributed by atoms with van der Waals surface area (Å²) in [7, 11) is 1.64. The zero-order valence-corrected chi connectivity index (χ0v) is 15.0. The normalized spacial score (nSPS) is 11.0. The molecular formula is C19H23ClN2O2. The molecule has 2 rings (SSSR count). The summed E-state index contributed by atoms with van der Waals surface area (Å²) in [4.78, 5) is 12.1. The van der Waals surface area contributed by atoms with Crippen LogP contribution in [0.2, 0.25) is 5.02 Å². The molecule has 0 bridgehead atoms. The third kappa shape index (κ3) is 5.17. The number of amides is 2. The summed E-state index contributed by atoms with van der Waals surface area (Å²) >= 11 is 5.91. The van der Waals surface area contributed by atoms with Crippen LogP contribution in [-0.4, -0.2) is 19.7 Å². The van der Waals surface area contributed by atoms with Crippen LogP contribution in [0, 0.1) is 0 Å². The molecule has 2 aromatic carbocycles. The first-order chi connectivity index (χ1) is 11.4. The van der Waals surface area contributed by atoms with Crippen LogP contribution in [0.5, 0.6) is 5.75 Å². The second-order valence-corrected chi connectivity index (χ2v) is 6.55. The Morgan fingerprint density at radius 3 is 2.29 bits per heavy atom. The van der Waals surface area contributed by atoms with Crippen molar-refractivity contribution in [2.24, 2.45) is 0 Å². The molecule has 0 fully saturated rings. The van der Waals surface area contributed by atoms with E-state index in [-0.39, 0.29) is 6.03 Å². The fraction of sp³-hybridized carbons (Fsp3) is 0.316. The van der Waals surface area contributed by atoms with Gasteiger partial charge in [0.15, 0.2) is 0 Å². The van der Waals surface area contributed by atoms with Crippen LogP contribution in [0.1, 0.15) is 25.0 Å². The number of rotatable bonds is 6. The molecule has 0 aliphatic rings. The molecule has 2 N–H and O–H groups in total. The van der Waals surface area contributed by atoms with Gasteiger partial charge in [-0.05, 0) is 55.7 Å². The molecule has 0 radical (unpaired) electrons. The molecule has 24 heavy (non-hydrogen) atoms. The minimum Gasteiger partial charge on any atom is -0.497 e. The Hall–Kier alpha value is -2.20. The lowest BCUT2D eigenvalue weighted by molar-refractivity contribution is 0.230. The first kappa shape index (κ1) is 18.1. The first-order valence-electron chi connectivity index (χ1n) is 7.86. The molecule has 0 unspecified atom stereocenters. The lowest BCUT2D eigenvalue weighted by atomic mass is 9.94. The molecule has 0 heterocycles. The van der Waals surface area contributed by atoms with Crippen LogP contribution in [0.25, 0.3) is 0 Å². The second-order valence-electron chi connectivity index (χ2n) is 6.11. The number of carbonyl (C=O) groups is 1. The van der Waals surface area contributed by atoms with Crippen LogP contribution in [0.3, 0.4) is 0 Å². The number of methoxy groups -OCH3 is 1. The van der Waals surface area contributed by atoms with Crippen molar-refractivity contribution in [3.63, 3.8) is 0 Å². The molecule has 2 aromatic rings. The number of halogens is 1. The third-order valence-electron chi connectivity index (χ3n) is 3.85. The third-order valence-corrected chi connectivity index (χ3v) is 4.10. The molecular weight excluding hydrogens is 324 g/mol. The van der Waals surface area contributed by atoms with E-state index in [9.17, 15) is 4.79 Å². The number of carbonyl (C=O) groups excluding carboxylic acids is 1. The van der Waals surface area contributed by atoms with Crippen LogP contribution < -0.4 is 15.4 Å². The molecule has 0 saturated heterocycles. The molecule has 0 aromatic heterocycles. The van der Waals surface area contributed by atoms with Crippen molar-refractivity contribution in [3.05, 3.63) is 64.7 Å². The van der Waals surface area contributed by atoms with Crippen LogP contribution in [0.15, 0.2) is 48.5 Å². The Morgan fingerprint density at radius 2 is 1.71 bits per heavy atom. The SMILES string of the molecule is COc1ccc(CCNC(=O)NC(C)(C)c2ccc(Cl)cc2)cc1. The lowest BCUT2D eigenvalue weighted by Gasteiger charge is -2.27. The highest BCUT2D eigenvalue weighted by atomic mass is 35.5. The second kappa shape index (κ2) is 8.06. The summed E-state index contributed by atoms with van der Waals surface area (Å²) in [5.74, 6) is 0.828. The molecule has 0 saturated carbocycles. The molecule has 0 aliphatic heterocycles. The van der Waals surface area contributed by atoms with Gasteiger partial charge in [0, 0.05) is 11.6 Å². The van der Waals surface area contributed by atoms with Gasteiger partial charge in [0.25, 0.3) is 0 Å². The Balaban J connectivity index is 1.82. The quantitative estimate of drug-likeness (QED) is 0.826. The van der Waals surface area contributed by atoms with E-state index in [0.29, 0.717) is 11.6 Å². The van der Waals surface area contributed by atoms with E-state index in [1.54, 1.807) is 7.11 Å². The van der Waals surface area contributed by atoms with E-state index in [0.717, 1.165) is 23.3 Å². The van der Waals surface area contributed by atoms with Crippen molar-refractivity contribution in [1.29, 1.82) is 0 Å². The average Bonchev–Trinajstić information content (AvgIpc) is 2.55. The Kier molecular flexibility index (Phi) is 6.10. The van der Waals surface area contributed by atoms with Gasteiger partial charge in [-0.2, -0.15) is 0 Å². The number of urea groups is 1. The van der Waals surface area contributed by atoms with Crippen molar-refractivity contribution in [3.8, 4) is 5.75 Å². The number of benzene rings is 2. The summed E-state index contributed by atoms with van der Waals surface area (Å²) in [5, 5.41) is 6.55. The molecule has 128 valence electrons. The monoisotopic (exact) mass is 346 g/mol. The zero-order valence-electron chi connectivity index (χ0n) is 14.2. The molecule has 4 nitrogen and oxygen atoms in total. The van der Waals surface area contributed by atoms with E-state index < -0.39 is 5.54 Å². The van der Waals surface area contributed by atoms with E-state index in [1.165, 1.54) is 0 Å². The predicted octanol–water partition coefficient (Wildman–Crippen LogP) is 4.13. The maximum atomic E-state index is 12.1. The van der Waals surface area contributed by atoms with Gasteiger partial charge in [0.1, 0.15) is 5.75 Å².